The lowest BCUT2D eigenvalue weighted by atomic mass is 10.3. The van der Waals surface area contributed by atoms with E-state index in [-0.39, 0.29) is 12.4 Å². The fourth-order valence-corrected chi connectivity index (χ4v) is 1.00. The van der Waals surface area contributed by atoms with Crippen molar-refractivity contribution in [3.8, 4) is 0 Å². The maximum Gasteiger partial charge on any atom is 0.140 e. The number of hydrogen-bond acceptors (Lipinski definition) is 2. The summed E-state index contributed by atoms with van der Waals surface area (Å²) in [6.45, 7) is 1.97. The van der Waals surface area contributed by atoms with Gasteiger partial charge >= 0.3 is 0 Å². The van der Waals surface area contributed by atoms with Crippen LogP contribution in [0.5, 0.6) is 0 Å². The molecule has 58 valence electrons. The second kappa shape index (κ2) is 2.88. The van der Waals surface area contributed by atoms with E-state index in [2.05, 4.69) is 15.0 Å². The third-order valence-corrected chi connectivity index (χ3v) is 1.55. The molecule has 11 heavy (non-hydrogen) atoms. The van der Waals surface area contributed by atoms with Crippen molar-refractivity contribution in [1.82, 2.24) is 15.0 Å². The molecule has 0 atom stereocenters. The molecule has 0 saturated heterocycles. The number of aryl methyl sites for hydroxylation is 1. The second-order valence-electron chi connectivity index (χ2n) is 2.20. The molecule has 0 aliphatic carbocycles. The maximum absolute atomic E-state index is 4.05. The van der Waals surface area contributed by atoms with Gasteiger partial charge < -0.3 is 4.98 Å². The number of aromatic amines is 1. The summed E-state index contributed by atoms with van der Waals surface area (Å²) in [5.74, 6) is 0. The summed E-state index contributed by atoms with van der Waals surface area (Å²) in [5, 5.41) is 1.10. The van der Waals surface area contributed by atoms with Gasteiger partial charge in [0.05, 0.1) is 5.69 Å². The van der Waals surface area contributed by atoms with Crippen LogP contribution in [0.4, 0.5) is 0 Å². The zero-order chi connectivity index (χ0) is 6.97. The van der Waals surface area contributed by atoms with Crippen molar-refractivity contribution in [2.45, 2.75) is 6.92 Å². The standard InChI is InChI=1S/C7H7N3.ClH/c1-5-6-2-3-8-7(6)10-4-9-5;/h2-4H,1H3,(H,8,9,10);1H. The highest BCUT2D eigenvalue weighted by atomic mass is 35.5. The van der Waals surface area contributed by atoms with Gasteiger partial charge in [-0.3, -0.25) is 0 Å². The minimum Gasteiger partial charge on any atom is -0.346 e. The van der Waals surface area contributed by atoms with Gasteiger partial charge in [0.15, 0.2) is 0 Å². The Kier molecular flexibility index (Phi) is 2.10. The summed E-state index contributed by atoms with van der Waals surface area (Å²) in [5.41, 5.74) is 1.93. The minimum absolute atomic E-state index is 0. The Morgan fingerprint density at radius 3 is 2.91 bits per heavy atom. The van der Waals surface area contributed by atoms with E-state index in [1.807, 2.05) is 19.2 Å². The Morgan fingerprint density at radius 1 is 1.36 bits per heavy atom. The van der Waals surface area contributed by atoms with Crippen LogP contribution in [0.3, 0.4) is 0 Å². The van der Waals surface area contributed by atoms with Gasteiger partial charge in [0.2, 0.25) is 0 Å². The average molecular weight is 170 g/mol. The number of H-pyrrole nitrogens is 1. The van der Waals surface area contributed by atoms with Crippen molar-refractivity contribution < 1.29 is 0 Å². The molecule has 0 spiro atoms. The molecule has 0 fully saturated rings. The van der Waals surface area contributed by atoms with E-state index in [4.69, 9.17) is 0 Å². The third kappa shape index (κ3) is 1.19. The van der Waals surface area contributed by atoms with Gasteiger partial charge in [0.25, 0.3) is 0 Å². The summed E-state index contributed by atoms with van der Waals surface area (Å²) in [7, 11) is 0. The second-order valence-corrected chi connectivity index (χ2v) is 2.20. The molecule has 2 heterocycles. The molecule has 0 aliphatic heterocycles. The van der Waals surface area contributed by atoms with Crippen LogP contribution >= 0.6 is 12.4 Å². The van der Waals surface area contributed by atoms with Crippen LogP contribution in [0, 0.1) is 6.92 Å². The Balaban J connectivity index is 0.000000605. The van der Waals surface area contributed by atoms with Gasteiger partial charge in [0, 0.05) is 11.6 Å². The molecule has 0 aliphatic rings. The quantitative estimate of drug-likeness (QED) is 0.652. The molecule has 0 saturated carbocycles. The van der Waals surface area contributed by atoms with E-state index < -0.39 is 0 Å². The van der Waals surface area contributed by atoms with Crippen molar-refractivity contribution in [2.24, 2.45) is 0 Å². The van der Waals surface area contributed by atoms with Crippen molar-refractivity contribution in [3.05, 3.63) is 24.3 Å². The number of aromatic nitrogens is 3. The minimum atomic E-state index is 0. The first kappa shape index (κ1) is 8.01. The number of rotatable bonds is 0. The van der Waals surface area contributed by atoms with Gasteiger partial charge in [-0.25, -0.2) is 9.97 Å². The lowest BCUT2D eigenvalue weighted by Gasteiger charge is -1.90. The Morgan fingerprint density at radius 2 is 2.18 bits per heavy atom. The highest BCUT2D eigenvalue weighted by molar-refractivity contribution is 5.85. The molecule has 2 aromatic rings. The molecule has 2 aromatic heterocycles. The SMILES string of the molecule is Cc1ncnc2[nH]ccc12.Cl. The first-order valence-corrected chi connectivity index (χ1v) is 3.12. The monoisotopic (exact) mass is 169 g/mol. The van der Waals surface area contributed by atoms with E-state index in [0.29, 0.717) is 0 Å². The van der Waals surface area contributed by atoms with E-state index in [1.54, 1.807) is 6.33 Å². The van der Waals surface area contributed by atoms with Crippen molar-refractivity contribution in [3.63, 3.8) is 0 Å². The summed E-state index contributed by atoms with van der Waals surface area (Å²) < 4.78 is 0. The van der Waals surface area contributed by atoms with Gasteiger partial charge in [-0.15, -0.1) is 12.4 Å². The fraction of sp³-hybridized carbons (Fsp3) is 0.143. The summed E-state index contributed by atoms with van der Waals surface area (Å²) in [4.78, 5) is 11.1. The van der Waals surface area contributed by atoms with E-state index in [1.165, 1.54) is 0 Å². The molecule has 0 bridgehead atoms. The predicted molar refractivity (Wildman–Crippen MR) is 45.9 cm³/mol. The number of halogens is 1. The van der Waals surface area contributed by atoms with Crippen LogP contribution in [0.2, 0.25) is 0 Å². The number of nitrogens with zero attached hydrogens (tertiary/aromatic N) is 2. The molecule has 4 heteroatoms. The summed E-state index contributed by atoms with van der Waals surface area (Å²) >= 11 is 0. The first-order chi connectivity index (χ1) is 4.88. The molecule has 0 aromatic carbocycles. The van der Waals surface area contributed by atoms with Crippen molar-refractivity contribution in [1.29, 1.82) is 0 Å². The number of hydrogen-bond donors (Lipinski definition) is 1. The summed E-state index contributed by atoms with van der Waals surface area (Å²) in [6.07, 6.45) is 3.43. The van der Waals surface area contributed by atoms with Gasteiger partial charge in [-0.2, -0.15) is 0 Å². The topological polar surface area (TPSA) is 41.6 Å². The Labute approximate surface area is 70.3 Å². The van der Waals surface area contributed by atoms with Gasteiger partial charge in [-0.05, 0) is 13.0 Å². The zero-order valence-electron chi connectivity index (χ0n) is 6.03. The maximum atomic E-state index is 4.05. The van der Waals surface area contributed by atoms with Crippen LogP contribution in [0.25, 0.3) is 11.0 Å². The highest BCUT2D eigenvalue weighted by Crippen LogP contribution is 2.10. The molecular formula is C7H8ClN3. The lowest BCUT2D eigenvalue weighted by molar-refractivity contribution is 1.14. The summed E-state index contributed by atoms with van der Waals surface area (Å²) in [6, 6.07) is 1.98. The van der Waals surface area contributed by atoms with E-state index in [9.17, 15) is 0 Å². The normalized spacial score (nSPS) is 9.55. The smallest absolute Gasteiger partial charge is 0.140 e. The van der Waals surface area contributed by atoms with Crippen molar-refractivity contribution in [2.75, 3.05) is 0 Å². The Bertz CT molecular complexity index is 355. The zero-order valence-corrected chi connectivity index (χ0v) is 6.85. The van der Waals surface area contributed by atoms with E-state index in [0.717, 1.165) is 16.7 Å². The third-order valence-electron chi connectivity index (χ3n) is 1.55. The van der Waals surface area contributed by atoms with Crippen LogP contribution in [-0.2, 0) is 0 Å². The van der Waals surface area contributed by atoms with Gasteiger partial charge in [0.1, 0.15) is 12.0 Å². The predicted octanol–water partition coefficient (Wildman–Crippen LogP) is 1.69. The number of nitrogens with one attached hydrogen (secondary N) is 1. The lowest BCUT2D eigenvalue weighted by Crippen LogP contribution is -1.83. The Hall–Kier alpha value is -1.09. The van der Waals surface area contributed by atoms with Crippen LogP contribution in [0.15, 0.2) is 18.6 Å². The van der Waals surface area contributed by atoms with Crippen molar-refractivity contribution >= 4 is 23.4 Å². The molecule has 3 nitrogen and oxygen atoms in total. The largest absolute Gasteiger partial charge is 0.346 e. The molecule has 1 N–H and O–H groups in total. The molecule has 2 rings (SSSR count). The van der Waals surface area contributed by atoms with Crippen LogP contribution in [-0.4, -0.2) is 15.0 Å². The van der Waals surface area contributed by atoms with E-state index >= 15 is 0 Å². The molecule has 0 amide bonds. The number of fused-ring (bicyclic) bond motifs is 1. The molecule has 0 radical (unpaired) electrons. The fourth-order valence-electron chi connectivity index (χ4n) is 1.00. The average Bonchev–Trinajstić information content (AvgIpc) is 2.36. The van der Waals surface area contributed by atoms with Crippen LogP contribution < -0.4 is 0 Å². The van der Waals surface area contributed by atoms with Crippen LogP contribution in [0.1, 0.15) is 5.69 Å². The molecule has 0 unspecified atom stereocenters. The van der Waals surface area contributed by atoms with Gasteiger partial charge in [-0.1, -0.05) is 0 Å². The molecular weight excluding hydrogens is 162 g/mol. The first-order valence-electron chi connectivity index (χ1n) is 3.12. The highest BCUT2D eigenvalue weighted by Gasteiger charge is 1.96.